The zero-order valence-corrected chi connectivity index (χ0v) is 9.84. The van der Waals surface area contributed by atoms with Crippen LogP contribution in [0.15, 0.2) is 0 Å². The second-order valence-corrected chi connectivity index (χ2v) is 5.66. The Morgan fingerprint density at radius 3 is 2.85 bits per heavy atom. The number of hydrogen-bond donors (Lipinski definition) is 2. The summed E-state index contributed by atoms with van der Waals surface area (Å²) in [5.41, 5.74) is 5.26. The highest BCUT2D eigenvalue weighted by atomic mass is 33.1. The van der Waals surface area contributed by atoms with Gasteiger partial charge in [-0.3, -0.25) is 4.79 Å². The van der Waals surface area contributed by atoms with E-state index in [0.29, 0.717) is 24.8 Å². The van der Waals surface area contributed by atoms with Crippen LogP contribution in [0, 0.1) is 0 Å². The fourth-order valence-electron chi connectivity index (χ4n) is 0.847. The monoisotopic (exact) mass is 222 g/mol. The number of rotatable bonds is 7. The lowest BCUT2D eigenvalue weighted by Gasteiger charge is -2.08. The van der Waals surface area contributed by atoms with Gasteiger partial charge in [-0.2, -0.15) is 0 Å². The topological polar surface area (TPSA) is 55.1 Å². The van der Waals surface area contributed by atoms with E-state index in [4.69, 9.17) is 5.73 Å². The van der Waals surface area contributed by atoms with Gasteiger partial charge in [-0.25, -0.2) is 0 Å². The first-order valence-electron chi connectivity index (χ1n) is 4.37. The highest BCUT2D eigenvalue weighted by molar-refractivity contribution is 8.76. The fourth-order valence-corrected chi connectivity index (χ4v) is 2.66. The molecular formula is C8H18N2OS2. The van der Waals surface area contributed by atoms with Crippen LogP contribution in [0.1, 0.15) is 19.8 Å². The number of carbonyl (C=O) groups is 1. The molecule has 0 fully saturated rings. The third kappa shape index (κ3) is 8.46. The zero-order valence-electron chi connectivity index (χ0n) is 8.21. The Morgan fingerprint density at radius 1 is 1.62 bits per heavy atom. The average Bonchev–Trinajstić information content (AvgIpc) is 2.12. The van der Waals surface area contributed by atoms with Crippen molar-refractivity contribution in [2.75, 3.05) is 19.3 Å². The smallest absolute Gasteiger partial charge is 0.220 e. The summed E-state index contributed by atoms with van der Waals surface area (Å²) in [6.07, 6.45) is 3.59. The van der Waals surface area contributed by atoms with Gasteiger partial charge in [0.2, 0.25) is 5.91 Å². The Morgan fingerprint density at radius 2 is 2.31 bits per heavy atom. The Labute approximate surface area is 88.0 Å². The molecule has 0 aromatic carbocycles. The quantitative estimate of drug-likeness (QED) is 0.636. The Kier molecular flexibility index (Phi) is 8.80. The van der Waals surface area contributed by atoms with Crippen LogP contribution < -0.4 is 11.1 Å². The van der Waals surface area contributed by atoms with E-state index in [1.807, 2.05) is 10.8 Å². The summed E-state index contributed by atoms with van der Waals surface area (Å²) < 4.78 is 0. The third-order valence-electron chi connectivity index (χ3n) is 1.50. The first kappa shape index (κ1) is 13.1. The van der Waals surface area contributed by atoms with Crippen molar-refractivity contribution in [3.8, 4) is 0 Å². The van der Waals surface area contributed by atoms with Gasteiger partial charge in [-0.15, -0.1) is 0 Å². The number of hydrogen-bond acceptors (Lipinski definition) is 4. The van der Waals surface area contributed by atoms with Gasteiger partial charge < -0.3 is 11.1 Å². The van der Waals surface area contributed by atoms with Crippen LogP contribution in [-0.2, 0) is 4.79 Å². The molecule has 0 saturated carbocycles. The van der Waals surface area contributed by atoms with Crippen LogP contribution in [0.3, 0.4) is 0 Å². The van der Waals surface area contributed by atoms with Crippen LogP contribution in [-0.4, -0.2) is 30.5 Å². The minimum atomic E-state index is 0.110. The Hall–Kier alpha value is 0.130. The molecule has 3 nitrogen and oxygen atoms in total. The van der Waals surface area contributed by atoms with E-state index in [1.165, 1.54) is 0 Å². The molecule has 0 aromatic rings. The van der Waals surface area contributed by atoms with Crippen LogP contribution in [0.5, 0.6) is 0 Å². The van der Waals surface area contributed by atoms with Crippen molar-refractivity contribution < 1.29 is 4.79 Å². The summed E-state index contributed by atoms with van der Waals surface area (Å²) >= 11 is 0. The van der Waals surface area contributed by atoms with E-state index in [1.54, 1.807) is 10.8 Å². The number of amides is 1. The standard InChI is InChI=1S/C8H18N2OS2/c1-7(13-12-2)3-4-8(11)10-6-5-9/h7H,3-6,9H2,1-2H3,(H,10,11). The summed E-state index contributed by atoms with van der Waals surface area (Å²) in [6.45, 7) is 3.24. The van der Waals surface area contributed by atoms with Crippen LogP contribution in [0.2, 0.25) is 0 Å². The van der Waals surface area contributed by atoms with E-state index in [0.717, 1.165) is 6.42 Å². The van der Waals surface area contributed by atoms with Gasteiger partial charge in [-0.05, 0) is 12.7 Å². The van der Waals surface area contributed by atoms with Crippen molar-refractivity contribution in [1.29, 1.82) is 0 Å². The van der Waals surface area contributed by atoms with E-state index in [9.17, 15) is 4.79 Å². The molecule has 0 aliphatic rings. The second-order valence-electron chi connectivity index (χ2n) is 2.75. The Balaban J connectivity index is 3.34. The lowest BCUT2D eigenvalue weighted by Crippen LogP contribution is -2.29. The van der Waals surface area contributed by atoms with Gasteiger partial charge in [0, 0.05) is 24.8 Å². The van der Waals surface area contributed by atoms with E-state index >= 15 is 0 Å². The summed E-state index contributed by atoms with van der Waals surface area (Å²) in [5, 5.41) is 3.29. The van der Waals surface area contributed by atoms with Crippen molar-refractivity contribution in [3.05, 3.63) is 0 Å². The molecule has 1 unspecified atom stereocenters. The molecule has 0 bridgehead atoms. The first-order valence-corrected chi connectivity index (χ1v) is 6.99. The van der Waals surface area contributed by atoms with E-state index in [2.05, 4.69) is 18.5 Å². The van der Waals surface area contributed by atoms with Gasteiger partial charge in [0.25, 0.3) is 0 Å². The van der Waals surface area contributed by atoms with Crippen molar-refractivity contribution >= 4 is 27.5 Å². The molecule has 0 radical (unpaired) electrons. The molecule has 0 aliphatic carbocycles. The molecule has 0 saturated heterocycles. The van der Waals surface area contributed by atoms with Gasteiger partial charge in [-0.1, -0.05) is 28.5 Å². The maximum atomic E-state index is 11.1. The van der Waals surface area contributed by atoms with Gasteiger partial charge in [0.15, 0.2) is 0 Å². The predicted molar refractivity (Wildman–Crippen MR) is 61.9 cm³/mol. The van der Waals surface area contributed by atoms with Crippen LogP contribution in [0.25, 0.3) is 0 Å². The third-order valence-corrected chi connectivity index (χ3v) is 3.82. The normalized spacial score (nSPS) is 12.5. The minimum Gasteiger partial charge on any atom is -0.355 e. The lowest BCUT2D eigenvalue weighted by atomic mass is 10.2. The Bertz CT molecular complexity index is 144. The second kappa shape index (κ2) is 8.72. The number of nitrogens with one attached hydrogen (secondary N) is 1. The predicted octanol–water partition coefficient (Wildman–Crippen LogP) is 1.24. The van der Waals surface area contributed by atoms with E-state index in [-0.39, 0.29) is 5.91 Å². The minimum absolute atomic E-state index is 0.110. The van der Waals surface area contributed by atoms with Crippen molar-refractivity contribution in [1.82, 2.24) is 5.32 Å². The highest BCUT2D eigenvalue weighted by Crippen LogP contribution is 2.26. The van der Waals surface area contributed by atoms with Gasteiger partial charge in [0.05, 0.1) is 0 Å². The zero-order chi connectivity index (χ0) is 10.1. The largest absolute Gasteiger partial charge is 0.355 e. The van der Waals surface area contributed by atoms with Crippen LogP contribution in [0.4, 0.5) is 0 Å². The molecule has 0 spiro atoms. The molecule has 0 heterocycles. The van der Waals surface area contributed by atoms with Crippen LogP contribution >= 0.6 is 21.6 Å². The maximum absolute atomic E-state index is 11.1. The molecule has 1 amide bonds. The summed E-state index contributed by atoms with van der Waals surface area (Å²) in [4.78, 5) is 11.1. The summed E-state index contributed by atoms with van der Waals surface area (Å²) in [5.74, 6) is 0.110. The molecule has 13 heavy (non-hydrogen) atoms. The van der Waals surface area contributed by atoms with Crippen molar-refractivity contribution in [2.24, 2.45) is 5.73 Å². The van der Waals surface area contributed by atoms with E-state index < -0.39 is 0 Å². The highest BCUT2D eigenvalue weighted by Gasteiger charge is 2.05. The van der Waals surface area contributed by atoms with Gasteiger partial charge in [0.1, 0.15) is 0 Å². The lowest BCUT2D eigenvalue weighted by molar-refractivity contribution is -0.121. The SMILES string of the molecule is CSSC(C)CCC(=O)NCCN. The molecule has 0 rings (SSSR count). The molecule has 1 atom stereocenters. The van der Waals surface area contributed by atoms with Crippen molar-refractivity contribution in [2.45, 2.75) is 25.0 Å². The average molecular weight is 222 g/mol. The maximum Gasteiger partial charge on any atom is 0.220 e. The molecule has 0 aliphatic heterocycles. The summed E-state index contributed by atoms with van der Waals surface area (Å²) in [7, 11) is 3.55. The number of nitrogens with two attached hydrogens (primary N) is 1. The molecule has 0 aromatic heterocycles. The molecule has 3 N–H and O–H groups in total. The first-order chi connectivity index (χ1) is 6.20. The van der Waals surface area contributed by atoms with Gasteiger partial charge >= 0.3 is 0 Å². The number of carbonyl (C=O) groups excluding carboxylic acids is 1. The fraction of sp³-hybridized carbons (Fsp3) is 0.875. The molecule has 78 valence electrons. The van der Waals surface area contributed by atoms with Crippen molar-refractivity contribution in [3.63, 3.8) is 0 Å². The molecular weight excluding hydrogens is 204 g/mol. The summed E-state index contributed by atoms with van der Waals surface area (Å²) in [6, 6.07) is 0. The molecule has 5 heteroatoms.